The van der Waals surface area contributed by atoms with Crippen LogP contribution in [0.5, 0.6) is 5.75 Å². The Bertz CT molecular complexity index is 1230. The molecule has 0 spiro atoms. The third kappa shape index (κ3) is 3.38. The summed E-state index contributed by atoms with van der Waals surface area (Å²) in [5, 5.41) is 9.41. The van der Waals surface area contributed by atoms with Crippen LogP contribution in [-0.2, 0) is 12.0 Å². The number of para-hydroxylation sites is 1. The highest BCUT2D eigenvalue weighted by molar-refractivity contribution is 6.11. The molecule has 32 heavy (non-hydrogen) atoms. The van der Waals surface area contributed by atoms with Crippen molar-refractivity contribution < 1.29 is 18.3 Å². The Hall–Kier alpha value is -3.79. The maximum atomic E-state index is 13.1. The number of amides is 1. The number of benzene rings is 2. The number of nitriles is 1. The Balaban J connectivity index is 1.47. The molecular weight excluding hydrogens is 412 g/mol. The van der Waals surface area contributed by atoms with Crippen LogP contribution in [0.2, 0.25) is 0 Å². The van der Waals surface area contributed by atoms with Gasteiger partial charge in [0.1, 0.15) is 12.4 Å². The lowest BCUT2D eigenvalue weighted by atomic mass is 9.97. The van der Waals surface area contributed by atoms with E-state index in [9.17, 15) is 18.8 Å². The van der Waals surface area contributed by atoms with Crippen LogP contribution in [0.15, 0.2) is 60.8 Å². The van der Waals surface area contributed by atoms with E-state index in [0.29, 0.717) is 29.1 Å². The topological polar surface area (TPSA) is 66.2 Å². The van der Waals surface area contributed by atoms with Gasteiger partial charge in [0.2, 0.25) is 0 Å². The first-order valence-corrected chi connectivity index (χ1v) is 10.3. The number of halogens is 2. The van der Waals surface area contributed by atoms with Crippen LogP contribution in [0.4, 0.5) is 14.5 Å². The molecule has 2 heterocycles. The molecule has 1 aliphatic heterocycles. The van der Waals surface area contributed by atoms with Crippen molar-refractivity contribution in [2.75, 3.05) is 11.5 Å². The number of hydrogen-bond donors (Lipinski definition) is 0. The normalized spacial score (nSPS) is 16.1. The Morgan fingerprint density at radius 2 is 1.84 bits per heavy atom. The summed E-state index contributed by atoms with van der Waals surface area (Å²) in [6.45, 7) is -0.406. The van der Waals surface area contributed by atoms with Gasteiger partial charge >= 0.3 is 0 Å². The van der Waals surface area contributed by atoms with Gasteiger partial charge in [0.15, 0.2) is 0 Å². The first-order valence-electron chi connectivity index (χ1n) is 10.3. The molecule has 0 radical (unpaired) electrons. The van der Waals surface area contributed by atoms with Gasteiger partial charge in [0, 0.05) is 28.6 Å². The maximum Gasteiger partial charge on any atom is 0.272 e. The first kappa shape index (κ1) is 20.1. The monoisotopic (exact) mass is 431 g/mol. The molecule has 1 fully saturated rings. The number of fused-ring (bicyclic) bond motifs is 1. The van der Waals surface area contributed by atoms with Gasteiger partial charge in [-0.3, -0.25) is 9.78 Å². The summed E-state index contributed by atoms with van der Waals surface area (Å²) in [5.41, 5.74) is 3.69. The van der Waals surface area contributed by atoms with E-state index < -0.39 is 13.0 Å². The Labute approximate surface area is 183 Å². The van der Waals surface area contributed by atoms with E-state index in [0.717, 1.165) is 29.7 Å². The van der Waals surface area contributed by atoms with Crippen molar-refractivity contribution in [1.82, 2.24) is 4.98 Å². The molecule has 160 valence electrons. The second-order valence-electron chi connectivity index (χ2n) is 8.02. The molecule has 2 aliphatic rings. The van der Waals surface area contributed by atoms with Gasteiger partial charge in [-0.25, -0.2) is 8.78 Å². The number of anilines is 1. The fourth-order valence-corrected chi connectivity index (χ4v) is 4.16. The van der Waals surface area contributed by atoms with Crippen LogP contribution in [0, 0.1) is 11.3 Å². The minimum atomic E-state index is -2.59. The van der Waals surface area contributed by atoms with Crippen LogP contribution < -0.4 is 9.64 Å². The minimum absolute atomic E-state index is 0.149. The quantitative estimate of drug-likeness (QED) is 0.544. The number of carbonyl (C=O) groups excluding carboxylic acids is 1. The van der Waals surface area contributed by atoms with Crippen molar-refractivity contribution in [3.05, 3.63) is 77.5 Å². The molecule has 7 heteroatoms. The van der Waals surface area contributed by atoms with Crippen LogP contribution >= 0.6 is 0 Å². The largest absolute Gasteiger partial charge is 0.487 e. The van der Waals surface area contributed by atoms with Crippen molar-refractivity contribution in [3.8, 4) is 23.1 Å². The van der Waals surface area contributed by atoms with E-state index in [1.165, 1.54) is 0 Å². The predicted octanol–water partition coefficient (Wildman–Crippen LogP) is 5.11. The van der Waals surface area contributed by atoms with E-state index in [1.807, 2.05) is 24.3 Å². The van der Waals surface area contributed by atoms with Gasteiger partial charge in [0.25, 0.3) is 12.3 Å². The molecule has 0 N–H and O–H groups in total. The zero-order valence-electron chi connectivity index (χ0n) is 17.1. The predicted molar refractivity (Wildman–Crippen MR) is 115 cm³/mol. The van der Waals surface area contributed by atoms with Crippen molar-refractivity contribution in [3.63, 3.8) is 0 Å². The molecular formula is C25H19F2N3O2. The zero-order valence-corrected chi connectivity index (χ0v) is 17.1. The van der Waals surface area contributed by atoms with E-state index >= 15 is 0 Å². The number of aromatic nitrogens is 1. The Morgan fingerprint density at radius 1 is 1.09 bits per heavy atom. The zero-order chi connectivity index (χ0) is 22.3. The second kappa shape index (κ2) is 7.72. The van der Waals surface area contributed by atoms with E-state index in [1.54, 1.807) is 41.4 Å². The molecule has 1 saturated carbocycles. The maximum absolute atomic E-state index is 13.1. The number of ether oxygens (including phenoxy) is 1. The van der Waals surface area contributed by atoms with Gasteiger partial charge < -0.3 is 9.64 Å². The molecule has 1 aliphatic carbocycles. The van der Waals surface area contributed by atoms with Gasteiger partial charge in [0.05, 0.1) is 23.7 Å². The summed E-state index contributed by atoms with van der Waals surface area (Å²) < 4.78 is 30.7. The van der Waals surface area contributed by atoms with Crippen molar-refractivity contribution in [1.29, 1.82) is 5.26 Å². The van der Waals surface area contributed by atoms with Gasteiger partial charge in [-0.05, 0) is 48.7 Å². The average Bonchev–Trinajstić information content (AvgIpc) is 3.55. The first-order chi connectivity index (χ1) is 15.5. The summed E-state index contributed by atoms with van der Waals surface area (Å²) in [5.74, 6) is 0.152. The number of pyridine rings is 1. The number of alkyl halides is 2. The molecule has 5 rings (SSSR count). The van der Waals surface area contributed by atoms with Crippen LogP contribution in [0.1, 0.15) is 34.3 Å². The second-order valence-corrected chi connectivity index (χ2v) is 8.02. The summed E-state index contributed by atoms with van der Waals surface area (Å²) in [7, 11) is 0. The third-order valence-corrected chi connectivity index (χ3v) is 6.05. The fraction of sp³-hybridized carbons (Fsp3) is 0.240. The molecule has 1 aromatic heterocycles. The molecule has 2 aromatic carbocycles. The molecule has 1 amide bonds. The van der Waals surface area contributed by atoms with Gasteiger partial charge in [-0.1, -0.05) is 24.3 Å². The fourth-order valence-electron chi connectivity index (χ4n) is 4.16. The summed E-state index contributed by atoms with van der Waals surface area (Å²) in [6, 6.07) is 18.5. The number of hydrogen-bond acceptors (Lipinski definition) is 4. The number of carbonyl (C=O) groups is 1. The van der Waals surface area contributed by atoms with Crippen molar-refractivity contribution in [2.24, 2.45) is 0 Å². The van der Waals surface area contributed by atoms with Crippen molar-refractivity contribution in [2.45, 2.75) is 31.2 Å². The smallest absolute Gasteiger partial charge is 0.272 e. The molecule has 0 saturated heterocycles. The lowest BCUT2D eigenvalue weighted by Gasteiger charge is -2.17. The van der Waals surface area contributed by atoms with Crippen LogP contribution in [-0.4, -0.2) is 23.9 Å². The Morgan fingerprint density at radius 3 is 2.53 bits per heavy atom. The molecule has 0 bridgehead atoms. The summed E-state index contributed by atoms with van der Waals surface area (Å²) >= 11 is 0. The molecule has 3 aromatic rings. The highest BCUT2D eigenvalue weighted by Gasteiger charge is 2.44. The highest BCUT2D eigenvalue weighted by Crippen LogP contribution is 2.48. The number of rotatable bonds is 6. The lowest BCUT2D eigenvalue weighted by molar-refractivity contribution is 0.0822. The van der Waals surface area contributed by atoms with E-state index in [2.05, 4.69) is 11.1 Å². The SMILES string of the molecule is N#CC1(c2ccc(N3Cc4c(ccnc4-c4ccccc4OCC(F)F)C3=O)cc2)CC1. The van der Waals surface area contributed by atoms with Gasteiger partial charge in [-0.15, -0.1) is 0 Å². The lowest BCUT2D eigenvalue weighted by Crippen LogP contribution is -2.23. The van der Waals surface area contributed by atoms with Crippen LogP contribution in [0.3, 0.4) is 0 Å². The van der Waals surface area contributed by atoms with Crippen LogP contribution in [0.25, 0.3) is 11.3 Å². The minimum Gasteiger partial charge on any atom is -0.487 e. The molecule has 0 atom stereocenters. The average molecular weight is 431 g/mol. The third-order valence-electron chi connectivity index (χ3n) is 6.05. The highest BCUT2D eigenvalue weighted by atomic mass is 19.3. The summed E-state index contributed by atoms with van der Waals surface area (Å²) in [4.78, 5) is 19.3. The van der Waals surface area contributed by atoms with Gasteiger partial charge in [-0.2, -0.15) is 5.26 Å². The molecule has 0 unspecified atom stereocenters. The Kier molecular flexibility index (Phi) is 4.86. The van der Waals surface area contributed by atoms with E-state index in [-0.39, 0.29) is 11.3 Å². The van der Waals surface area contributed by atoms with E-state index in [4.69, 9.17) is 4.74 Å². The van der Waals surface area contributed by atoms with Crippen molar-refractivity contribution >= 4 is 11.6 Å². The standard InChI is InChI=1S/C25H19F2N3O2/c26-22(27)14-32-21-4-2-1-3-19(21)23-20-13-30(24(31)18(20)9-12-29-23)17-7-5-16(6-8-17)25(15-28)10-11-25/h1-9,12,22H,10-11,13-14H2. The summed E-state index contributed by atoms with van der Waals surface area (Å²) in [6.07, 6.45) is 0.679. The molecule has 5 nitrogen and oxygen atoms in total. The number of nitrogens with zero attached hydrogens (tertiary/aromatic N) is 3.